The van der Waals surface area contributed by atoms with Gasteiger partial charge in [-0.25, -0.2) is 19.6 Å². The van der Waals surface area contributed by atoms with Crippen molar-refractivity contribution in [1.82, 2.24) is 24.7 Å². The molecular weight excluding hydrogens is 338 g/mol. The normalized spacial score (nSPS) is 11.6. The van der Waals surface area contributed by atoms with Gasteiger partial charge >= 0.3 is 0 Å². The number of thioether (sulfide) groups is 1. The number of terminal acetylenes is 1. The van der Waals surface area contributed by atoms with Crippen molar-refractivity contribution in [2.45, 2.75) is 31.1 Å². The minimum atomic E-state index is -1.10. The van der Waals surface area contributed by atoms with Crippen LogP contribution in [0.4, 0.5) is 0 Å². The topological polar surface area (TPSA) is 96.7 Å². The van der Waals surface area contributed by atoms with Gasteiger partial charge in [-0.2, -0.15) is 0 Å². The van der Waals surface area contributed by atoms with Crippen molar-refractivity contribution in [2.24, 2.45) is 0 Å². The molecule has 0 radical (unpaired) electrons. The zero-order valence-electron chi connectivity index (χ0n) is 14.1. The highest BCUT2D eigenvalue weighted by atomic mass is 32.2. The summed E-state index contributed by atoms with van der Waals surface area (Å²) < 4.78 is 1.31. The molecule has 0 atom stereocenters. The fourth-order valence-corrected chi connectivity index (χ4v) is 2.79. The number of pyridine rings is 1. The van der Waals surface area contributed by atoms with Gasteiger partial charge in [-0.1, -0.05) is 23.7 Å². The lowest BCUT2D eigenvalue weighted by Gasteiger charge is -2.17. The van der Waals surface area contributed by atoms with Gasteiger partial charge in [0.1, 0.15) is 23.2 Å². The van der Waals surface area contributed by atoms with Crippen molar-refractivity contribution in [3.8, 4) is 23.7 Å². The largest absolute Gasteiger partial charge is 0.384 e. The Kier molecular flexibility index (Phi) is 4.37. The average Bonchev–Trinajstić information content (AvgIpc) is 2.90. The van der Waals surface area contributed by atoms with Crippen LogP contribution < -0.4 is 5.56 Å². The quantitative estimate of drug-likeness (QED) is 0.421. The van der Waals surface area contributed by atoms with E-state index in [1.807, 2.05) is 6.26 Å². The van der Waals surface area contributed by atoms with Gasteiger partial charge in [-0.15, -0.1) is 6.42 Å². The lowest BCUT2D eigenvalue weighted by Crippen LogP contribution is -2.18. The summed E-state index contributed by atoms with van der Waals surface area (Å²) in [6.07, 6.45) is 7.16. The first-order chi connectivity index (χ1) is 11.8. The molecule has 3 heterocycles. The van der Waals surface area contributed by atoms with Gasteiger partial charge in [0.2, 0.25) is 0 Å². The van der Waals surface area contributed by atoms with E-state index < -0.39 is 5.60 Å². The molecule has 3 aromatic rings. The van der Waals surface area contributed by atoms with Gasteiger partial charge in [-0.3, -0.25) is 9.89 Å². The maximum atomic E-state index is 12.7. The summed E-state index contributed by atoms with van der Waals surface area (Å²) in [5, 5.41) is 14.0. The Morgan fingerprint density at radius 3 is 2.76 bits per heavy atom. The number of H-pyrrole nitrogens is 1. The van der Waals surface area contributed by atoms with Crippen LogP contribution in [-0.4, -0.2) is 36.1 Å². The van der Waals surface area contributed by atoms with Gasteiger partial charge in [0.25, 0.3) is 5.56 Å². The van der Waals surface area contributed by atoms with Crippen LogP contribution in [0.5, 0.6) is 0 Å². The molecule has 3 rings (SSSR count). The molecule has 7 nitrogen and oxygen atoms in total. The SMILES string of the molecule is C#CCn1[nH]c2nc(SC)nc(-c3cccc(C(C)(C)O)n3)c2c1=O. The smallest absolute Gasteiger partial charge is 0.279 e. The molecule has 0 bridgehead atoms. The second-order valence-corrected chi connectivity index (χ2v) is 6.73. The van der Waals surface area contributed by atoms with Crippen molar-refractivity contribution >= 4 is 22.8 Å². The summed E-state index contributed by atoms with van der Waals surface area (Å²) in [6, 6.07) is 5.25. The predicted molar refractivity (Wildman–Crippen MR) is 97.2 cm³/mol. The molecule has 0 amide bonds. The highest BCUT2D eigenvalue weighted by Crippen LogP contribution is 2.26. The standard InChI is InChI=1S/C17H17N5O2S/c1-5-9-22-15(23)12-13(19-16(25-4)20-14(12)21-22)10-7-6-8-11(18-10)17(2,3)24/h1,6-8,24H,9H2,2-4H3,(H,19,20,21). The van der Waals surface area contributed by atoms with Crippen LogP contribution in [0, 0.1) is 12.3 Å². The van der Waals surface area contributed by atoms with E-state index >= 15 is 0 Å². The summed E-state index contributed by atoms with van der Waals surface area (Å²) in [5.74, 6) is 2.43. The van der Waals surface area contributed by atoms with Gasteiger partial charge in [-0.05, 0) is 32.2 Å². The molecule has 0 aliphatic carbocycles. The van der Waals surface area contributed by atoms with E-state index in [0.717, 1.165) is 0 Å². The molecule has 0 unspecified atom stereocenters. The summed E-state index contributed by atoms with van der Waals surface area (Å²) in [7, 11) is 0. The first-order valence-electron chi connectivity index (χ1n) is 7.53. The molecular formula is C17H17N5O2S. The van der Waals surface area contributed by atoms with E-state index in [2.05, 4.69) is 26.0 Å². The van der Waals surface area contributed by atoms with E-state index in [4.69, 9.17) is 6.42 Å². The molecule has 0 fully saturated rings. The third-order valence-electron chi connectivity index (χ3n) is 3.64. The van der Waals surface area contributed by atoms with Crippen LogP contribution in [0.2, 0.25) is 0 Å². The van der Waals surface area contributed by atoms with Crippen molar-refractivity contribution in [3.63, 3.8) is 0 Å². The van der Waals surface area contributed by atoms with Crippen LogP contribution in [0.25, 0.3) is 22.4 Å². The highest BCUT2D eigenvalue weighted by Gasteiger charge is 2.21. The van der Waals surface area contributed by atoms with E-state index in [1.165, 1.54) is 16.4 Å². The maximum absolute atomic E-state index is 12.7. The van der Waals surface area contributed by atoms with Crippen molar-refractivity contribution in [1.29, 1.82) is 0 Å². The number of fused-ring (bicyclic) bond motifs is 1. The number of nitrogens with one attached hydrogen (secondary N) is 1. The van der Waals surface area contributed by atoms with Crippen LogP contribution in [0.3, 0.4) is 0 Å². The predicted octanol–water partition coefficient (Wildman–Crippen LogP) is 1.76. The molecule has 0 spiro atoms. The third-order valence-corrected chi connectivity index (χ3v) is 4.19. The van der Waals surface area contributed by atoms with E-state index in [9.17, 15) is 9.90 Å². The Bertz CT molecular complexity index is 1040. The molecule has 128 valence electrons. The minimum absolute atomic E-state index is 0.111. The Labute approximate surface area is 148 Å². The van der Waals surface area contributed by atoms with Crippen LogP contribution in [-0.2, 0) is 12.1 Å². The number of nitrogens with zero attached hydrogens (tertiary/aromatic N) is 4. The maximum Gasteiger partial charge on any atom is 0.279 e. The number of aromatic nitrogens is 5. The molecule has 8 heteroatoms. The highest BCUT2D eigenvalue weighted by molar-refractivity contribution is 7.98. The lowest BCUT2D eigenvalue weighted by atomic mass is 10.0. The Morgan fingerprint density at radius 1 is 1.36 bits per heavy atom. The number of aliphatic hydroxyl groups is 1. The van der Waals surface area contributed by atoms with Crippen LogP contribution >= 0.6 is 11.8 Å². The molecule has 0 aliphatic heterocycles. The van der Waals surface area contributed by atoms with Gasteiger partial charge in [0.15, 0.2) is 10.8 Å². The average molecular weight is 355 g/mol. The van der Waals surface area contributed by atoms with E-state index in [0.29, 0.717) is 33.3 Å². The van der Waals surface area contributed by atoms with Gasteiger partial charge in [0, 0.05) is 0 Å². The molecule has 0 aromatic carbocycles. The molecule has 0 saturated heterocycles. The Balaban J connectivity index is 2.32. The molecule has 25 heavy (non-hydrogen) atoms. The number of hydrogen-bond donors (Lipinski definition) is 2. The van der Waals surface area contributed by atoms with Gasteiger partial charge < -0.3 is 5.11 Å². The van der Waals surface area contributed by atoms with Crippen molar-refractivity contribution in [2.75, 3.05) is 6.26 Å². The zero-order valence-corrected chi connectivity index (χ0v) is 14.9. The number of rotatable bonds is 4. The van der Waals surface area contributed by atoms with Gasteiger partial charge in [0.05, 0.1) is 11.4 Å². The molecule has 2 N–H and O–H groups in total. The van der Waals surface area contributed by atoms with Crippen LogP contribution in [0.15, 0.2) is 28.2 Å². The molecule has 0 saturated carbocycles. The molecule has 0 aliphatic rings. The minimum Gasteiger partial charge on any atom is -0.384 e. The summed E-state index contributed by atoms with van der Waals surface area (Å²) in [4.78, 5) is 26.0. The van der Waals surface area contributed by atoms with Crippen molar-refractivity contribution in [3.05, 3.63) is 34.2 Å². The Hall–Kier alpha value is -2.63. The first kappa shape index (κ1) is 17.2. The zero-order chi connectivity index (χ0) is 18.2. The fraction of sp³-hybridized carbons (Fsp3) is 0.294. The van der Waals surface area contributed by atoms with E-state index in [1.54, 1.807) is 32.0 Å². The number of aromatic amines is 1. The monoisotopic (exact) mass is 355 g/mol. The summed E-state index contributed by atoms with van der Waals surface area (Å²) >= 11 is 1.36. The summed E-state index contributed by atoms with van der Waals surface area (Å²) in [6.45, 7) is 3.41. The third kappa shape index (κ3) is 3.16. The summed E-state index contributed by atoms with van der Waals surface area (Å²) in [5.41, 5.74) is 0.397. The number of hydrogen-bond acceptors (Lipinski definition) is 6. The fourth-order valence-electron chi connectivity index (χ4n) is 2.42. The van der Waals surface area contributed by atoms with E-state index in [-0.39, 0.29) is 12.1 Å². The Morgan fingerprint density at radius 2 is 2.12 bits per heavy atom. The first-order valence-corrected chi connectivity index (χ1v) is 8.76. The van der Waals surface area contributed by atoms with Crippen molar-refractivity contribution < 1.29 is 5.11 Å². The van der Waals surface area contributed by atoms with Crippen LogP contribution in [0.1, 0.15) is 19.5 Å². The lowest BCUT2D eigenvalue weighted by molar-refractivity contribution is 0.0740. The molecule has 3 aromatic heterocycles. The second kappa shape index (κ2) is 6.35. The second-order valence-electron chi connectivity index (χ2n) is 5.96.